The highest BCUT2D eigenvalue weighted by molar-refractivity contribution is 7.90. The number of piperazine rings is 1. The van der Waals surface area contributed by atoms with Crippen LogP contribution in [-0.4, -0.2) is 43.0 Å². The summed E-state index contributed by atoms with van der Waals surface area (Å²) in [6.45, 7) is 5.62. The van der Waals surface area contributed by atoms with E-state index in [1.165, 1.54) is 5.56 Å². The molecule has 1 aromatic heterocycles. The van der Waals surface area contributed by atoms with Crippen LogP contribution >= 0.6 is 0 Å². The fourth-order valence-corrected chi connectivity index (χ4v) is 6.25. The Balaban J connectivity index is 1.45. The lowest BCUT2D eigenvalue weighted by atomic mass is 10.1. The van der Waals surface area contributed by atoms with E-state index in [0.29, 0.717) is 11.3 Å². The van der Waals surface area contributed by atoms with Crippen LogP contribution in [0.25, 0.3) is 10.9 Å². The summed E-state index contributed by atoms with van der Waals surface area (Å²) < 4.78 is 29.0. The van der Waals surface area contributed by atoms with Gasteiger partial charge >= 0.3 is 0 Å². The van der Waals surface area contributed by atoms with Crippen molar-refractivity contribution in [2.75, 3.05) is 19.6 Å². The number of aromatic nitrogens is 1. The van der Waals surface area contributed by atoms with E-state index in [0.717, 1.165) is 48.3 Å². The van der Waals surface area contributed by atoms with E-state index in [9.17, 15) is 8.42 Å². The smallest absolute Gasteiger partial charge is 0.268 e. The number of nitrogens with one attached hydrogen (secondary N) is 1. The number of hydrogen-bond donors (Lipinski definition) is 1. The van der Waals surface area contributed by atoms with Crippen LogP contribution in [0.1, 0.15) is 16.8 Å². The summed E-state index contributed by atoms with van der Waals surface area (Å²) in [4.78, 5) is 2.76. The second kappa shape index (κ2) is 9.14. The van der Waals surface area contributed by atoms with Gasteiger partial charge in [-0.3, -0.25) is 4.90 Å². The van der Waals surface area contributed by atoms with E-state index >= 15 is 0 Å². The zero-order valence-electron chi connectivity index (χ0n) is 18.8. The molecule has 4 aromatic rings. The molecule has 2 heterocycles. The molecule has 1 fully saturated rings. The lowest BCUT2D eigenvalue weighted by molar-refractivity contribution is 0.191. The fraction of sp³-hybridized carbons (Fsp3) is 0.259. The minimum atomic E-state index is -3.71. The number of fused-ring (bicyclic) bond motifs is 1. The third-order valence-electron chi connectivity index (χ3n) is 6.34. The summed E-state index contributed by atoms with van der Waals surface area (Å²) in [6, 6.07) is 27.5. The lowest BCUT2D eigenvalue weighted by Crippen LogP contribution is -2.51. The fourth-order valence-electron chi connectivity index (χ4n) is 4.70. The molecule has 0 spiro atoms. The van der Waals surface area contributed by atoms with Crippen LogP contribution in [-0.2, 0) is 23.0 Å². The van der Waals surface area contributed by atoms with Gasteiger partial charge in [-0.1, -0.05) is 66.2 Å². The van der Waals surface area contributed by atoms with Gasteiger partial charge in [-0.05, 0) is 36.8 Å². The normalized spacial score (nSPS) is 17.4. The third-order valence-corrected chi connectivity index (χ3v) is 8.12. The van der Waals surface area contributed by atoms with Crippen molar-refractivity contribution in [2.24, 2.45) is 0 Å². The molecule has 1 atom stereocenters. The van der Waals surface area contributed by atoms with E-state index < -0.39 is 10.0 Å². The van der Waals surface area contributed by atoms with Crippen molar-refractivity contribution in [2.45, 2.75) is 30.8 Å². The number of hydrogen-bond acceptors (Lipinski definition) is 4. The van der Waals surface area contributed by atoms with Gasteiger partial charge in [0.2, 0.25) is 0 Å². The number of benzene rings is 3. The van der Waals surface area contributed by atoms with Gasteiger partial charge in [0.25, 0.3) is 10.0 Å². The minimum Gasteiger partial charge on any atom is -0.311 e. The van der Waals surface area contributed by atoms with Gasteiger partial charge in [-0.15, -0.1) is 0 Å². The largest absolute Gasteiger partial charge is 0.311 e. The molecule has 1 aliphatic rings. The zero-order chi connectivity index (χ0) is 22.8. The Hall–Kier alpha value is -2.93. The molecule has 170 valence electrons. The Labute approximate surface area is 195 Å². The quantitative estimate of drug-likeness (QED) is 0.470. The minimum absolute atomic E-state index is 0.179. The zero-order valence-corrected chi connectivity index (χ0v) is 19.6. The van der Waals surface area contributed by atoms with Crippen molar-refractivity contribution in [3.63, 3.8) is 0 Å². The highest BCUT2D eigenvalue weighted by Gasteiger charge is 2.26. The first-order valence-corrected chi connectivity index (χ1v) is 12.9. The van der Waals surface area contributed by atoms with Crippen molar-refractivity contribution in [3.8, 4) is 0 Å². The van der Waals surface area contributed by atoms with Crippen LogP contribution in [0.2, 0.25) is 0 Å². The van der Waals surface area contributed by atoms with Gasteiger partial charge in [0.15, 0.2) is 0 Å². The number of para-hydroxylation sites is 1. The average molecular weight is 460 g/mol. The van der Waals surface area contributed by atoms with Crippen LogP contribution in [0.15, 0.2) is 89.8 Å². The molecule has 1 unspecified atom stereocenters. The second-order valence-electron chi connectivity index (χ2n) is 8.85. The second-order valence-corrected chi connectivity index (χ2v) is 10.6. The SMILES string of the molecule is Cc1ccc(S(=O)(=O)n2c(CC3CN(Cc4ccccc4)CCN3)cc3ccccc32)cc1. The maximum atomic E-state index is 13.7. The molecule has 5 rings (SSSR count). The highest BCUT2D eigenvalue weighted by atomic mass is 32.2. The van der Waals surface area contributed by atoms with Crippen molar-refractivity contribution < 1.29 is 8.42 Å². The molecule has 1 aliphatic heterocycles. The molecule has 0 aliphatic carbocycles. The van der Waals surface area contributed by atoms with Gasteiger partial charge in [0.05, 0.1) is 10.4 Å². The van der Waals surface area contributed by atoms with E-state index in [4.69, 9.17) is 0 Å². The monoisotopic (exact) mass is 459 g/mol. The van der Waals surface area contributed by atoms with Gasteiger partial charge < -0.3 is 5.32 Å². The maximum absolute atomic E-state index is 13.7. The van der Waals surface area contributed by atoms with E-state index in [1.807, 2.05) is 55.5 Å². The first kappa shape index (κ1) is 21.9. The Morgan fingerprint density at radius 3 is 2.45 bits per heavy atom. The first-order chi connectivity index (χ1) is 16.0. The average Bonchev–Trinajstić information content (AvgIpc) is 3.19. The molecule has 0 amide bonds. The summed E-state index contributed by atoms with van der Waals surface area (Å²) in [5.41, 5.74) is 3.88. The van der Waals surface area contributed by atoms with Crippen molar-refractivity contribution in [3.05, 3.63) is 102 Å². The number of rotatable bonds is 6. The maximum Gasteiger partial charge on any atom is 0.268 e. The molecule has 6 heteroatoms. The molecule has 3 aromatic carbocycles. The summed E-state index contributed by atoms with van der Waals surface area (Å²) in [6.07, 6.45) is 0.644. The van der Waals surface area contributed by atoms with E-state index in [1.54, 1.807) is 16.1 Å². The molecule has 0 saturated carbocycles. The summed E-state index contributed by atoms with van der Waals surface area (Å²) in [5, 5.41) is 4.55. The highest BCUT2D eigenvalue weighted by Crippen LogP contribution is 2.27. The third kappa shape index (κ3) is 4.60. The first-order valence-electron chi connectivity index (χ1n) is 11.4. The molecule has 5 nitrogen and oxygen atoms in total. The molecular formula is C27H29N3O2S. The molecule has 0 bridgehead atoms. The summed E-state index contributed by atoms with van der Waals surface area (Å²) in [5.74, 6) is 0. The summed E-state index contributed by atoms with van der Waals surface area (Å²) in [7, 11) is -3.71. The molecule has 1 N–H and O–H groups in total. The van der Waals surface area contributed by atoms with Gasteiger partial charge in [-0.2, -0.15) is 0 Å². The Morgan fingerprint density at radius 1 is 0.939 bits per heavy atom. The Morgan fingerprint density at radius 2 is 1.67 bits per heavy atom. The summed E-state index contributed by atoms with van der Waals surface area (Å²) >= 11 is 0. The van der Waals surface area contributed by atoms with E-state index in [-0.39, 0.29) is 6.04 Å². The van der Waals surface area contributed by atoms with Crippen LogP contribution in [0.3, 0.4) is 0 Å². The lowest BCUT2D eigenvalue weighted by Gasteiger charge is -2.34. The number of aryl methyl sites for hydroxylation is 1. The van der Waals surface area contributed by atoms with Crippen LogP contribution < -0.4 is 5.32 Å². The van der Waals surface area contributed by atoms with Gasteiger partial charge in [-0.25, -0.2) is 12.4 Å². The molecule has 0 radical (unpaired) electrons. The van der Waals surface area contributed by atoms with Crippen molar-refractivity contribution in [1.29, 1.82) is 0 Å². The molecular weight excluding hydrogens is 430 g/mol. The Kier molecular flexibility index (Phi) is 6.06. The van der Waals surface area contributed by atoms with Crippen molar-refractivity contribution in [1.82, 2.24) is 14.2 Å². The van der Waals surface area contributed by atoms with Gasteiger partial charge in [0, 0.05) is 49.7 Å². The van der Waals surface area contributed by atoms with Crippen LogP contribution in [0.5, 0.6) is 0 Å². The molecule has 1 saturated heterocycles. The predicted octanol–water partition coefficient (Wildman–Crippen LogP) is 4.20. The topological polar surface area (TPSA) is 54.3 Å². The van der Waals surface area contributed by atoms with Gasteiger partial charge in [0.1, 0.15) is 0 Å². The van der Waals surface area contributed by atoms with Crippen LogP contribution in [0, 0.1) is 6.92 Å². The standard InChI is InChI=1S/C27H29N3O2S/c1-21-11-13-26(14-12-21)33(31,32)30-25(17-23-9-5-6-10-27(23)30)18-24-20-29(16-15-28-24)19-22-7-3-2-4-8-22/h2-14,17,24,28H,15-16,18-20H2,1H3. The van der Waals surface area contributed by atoms with Crippen LogP contribution in [0.4, 0.5) is 0 Å². The van der Waals surface area contributed by atoms with Crippen molar-refractivity contribution >= 4 is 20.9 Å². The van der Waals surface area contributed by atoms with E-state index in [2.05, 4.69) is 34.5 Å². The number of nitrogens with zero attached hydrogens (tertiary/aromatic N) is 2. The molecule has 33 heavy (non-hydrogen) atoms. The predicted molar refractivity (Wildman–Crippen MR) is 133 cm³/mol. The Bertz CT molecular complexity index is 1350.